The number of hydrogen-bond acceptors (Lipinski definition) is 3. The second-order valence-corrected chi connectivity index (χ2v) is 6.75. The van der Waals surface area contributed by atoms with Gasteiger partial charge in [0.15, 0.2) is 0 Å². The van der Waals surface area contributed by atoms with Crippen molar-refractivity contribution in [2.75, 3.05) is 0 Å². The summed E-state index contributed by atoms with van der Waals surface area (Å²) in [5.41, 5.74) is 0.165. The number of rotatable bonds is 2. The summed E-state index contributed by atoms with van der Waals surface area (Å²) in [6.07, 6.45) is 0. The molecule has 0 radical (unpaired) electrons. The van der Waals surface area contributed by atoms with E-state index in [0.29, 0.717) is 30.9 Å². The van der Waals surface area contributed by atoms with Crippen molar-refractivity contribution in [3.05, 3.63) is 61.8 Å². The molecule has 0 saturated heterocycles. The Morgan fingerprint density at radius 1 is 1.00 bits per heavy atom. The average molecular weight is 373 g/mol. The Labute approximate surface area is 144 Å². The molecule has 0 saturated carbocycles. The number of aromatic amines is 1. The highest BCUT2D eigenvalue weighted by Crippen LogP contribution is 2.41. The van der Waals surface area contributed by atoms with E-state index in [9.17, 15) is 9.90 Å². The first-order chi connectivity index (χ1) is 10.5. The summed E-state index contributed by atoms with van der Waals surface area (Å²) in [7, 11) is 0. The molecule has 0 bridgehead atoms. The Hall–Kier alpha value is -1.33. The van der Waals surface area contributed by atoms with E-state index in [1.54, 1.807) is 30.3 Å². The highest BCUT2D eigenvalue weighted by atomic mass is 35.5. The Morgan fingerprint density at radius 2 is 1.68 bits per heavy atom. The Bertz CT molecular complexity index is 940. The van der Waals surface area contributed by atoms with Gasteiger partial charge < -0.3 is 10.1 Å². The summed E-state index contributed by atoms with van der Waals surface area (Å²) in [6.45, 7) is 0. The second-order valence-electron chi connectivity index (χ2n) is 4.48. The smallest absolute Gasteiger partial charge is 0.266 e. The number of aromatic nitrogens is 1. The molecule has 112 valence electrons. The number of para-hydroxylation sites is 1. The summed E-state index contributed by atoms with van der Waals surface area (Å²) in [4.78, 5) is 15.6. The van der Waals surface area contributed by atoms with Crippen LogP contribution >= 0.6 is 46.6 Å². The van der Waals surface area contributed by atoms with Crippen LogP contribution in [0.25, 0.3) is 10.9 Å². The average Bonchev–Trinajstić information content (AvgIpc) is 2.48. The number of aromatic hydroxyl groups is 1. The fraction of sp³-hybridized carbons (Fsp3) is 0. The zero-order valence-corrected chi connectivity index (χ0v) is 13.9. The van der Waals surface area contributed by atoms with Crippen molar-refractivity contribution in [1.29, 1.82) is 0 Å². The molecule has 2 N–H and O–H groups in total. The van der Waals surface area contributed by atoms with Crippen LogP contribution in [-0.2, 0) is 0 Å². The van der Waals surface area contributed by atoms with Crippen molar-refractivity contribution in [3.8, 4) is 5.75 Å². The van der Waals surface area contributed by atoms with E-state index in [1.807, 2.05) is 0 Å². The molecule has 0 unspecified atom stereocenters. The molecule has 7 heteroatoms. The number of nitrogens with one attached hydrogen (secondary N) is 1. The third-order valence-corrected chi connectivity index (χ3v) is 5.33. The van der Waals surface area contributed by atoms with Crippen LogP contribution in [0.5, 0.6) is 5.75 Å². The summed E-state index contributed by atoms with van der Waals surface area (Å²) >= 11 is 19.0. The lowest BCUT2D eigenvalue weighted by Crippen LogP contribution is -2.08. The van der Waals surface area contributed by atoms with Gasteiger partial charge in [0.25, 0.3) is 5.56 Å². The molecule has 3 aromatic rings. The van der Waals surface area contributed by atoms with Crippen LogP contribution in [0.1, 0.15) is 0 Å². The number of H-pyrrole nitrogens is 1. The first kappa shape index (κ1) is 15.6. The van der Waals surface area contributed by atoms with Gasteiger partial charge in [-0.05, 0) is 24.3 Å². The minimum absolute atomic E-state index is 0.0912. The number of benzene rings is 2. The molecule has 0 fully saturated rings. The Morgan fingerprint density at radius 3 is 2.45 bits per heavy atom. The van der Waals surface area contributed by atoms with Crippen LogP contribution in [-0.4, -0.2) is 10.1 Å². The molecule has 0 aliphatic rings. The van der Waals surface area contributed by atoms with E-state index in [0.717, 1.165) is 11.8 Å². The summed E-state index contributed by atoms with van der Waals surface area (Å²) in [5, 5.41) is 11.9. The number of fused-ring (bicyclic) bond motifs is 1. The van der Waals surface area contributed by atoms with Gasteiger partial charge in [0.05, 0.1) is 20.6 Å². The van der Waals surface area contributed by atoms with Crippen molar-refractivity contribution in [2.24, 2.45) is 0 Å². The van der Waals surface area contributed by atoms with E-state index in [1.165, 1.54) is 6.07 Å². The molecule has 22 heavy (non-hydrogen) atoms. The lowest BCUT2D eigenvalue weighted by molar-refractivity contribution is 0.467. The van der Waals surface area contributed by atoms with Gasteiger partial charge >= 0.3 is 0 Å². The van der Waals surface area contributed by atoms with Crippen molar-refractivity contribution in [2.45, 2.75) is 9.79 Å². The fourth-order valence-corrected chi connectivity index (χ4v) is 3.63. The molecule has 0 amide bonds. The molecule has 0 aliphatic heterocycles. The van der Waals surface area contributed by atoms with Crippen molar-refractivity contribution in [3.63, 3.8) is 0 Å². The minimum atomic E-state index is -0.400. The van der Waals surface area contributed by atoms with Crippen LogP contribution < -0.4 is 5.56 Å². The van der Waals surface area contributed by atoms with Gasteiger partial charge in [0.2, 0.25) is 0 Å². The number of pyridine rings is 1. The van der Waals surface area contributed by atoms with Crippen LogP contribution in [0, 0.1) is 0 Å². The topological polar surface area (TPSA) is 53.1 Å². The van der Waals surface area contributed by atoms with E-state index in [4.69, 9.17) is 34.8 Å². The van der Waals surface area contributed by atoms with Crippen LogP contribution in [0.15, 0.2) is 51.0 Å². The molecule has 0 atom stereocenters. The van der Waals surface area contributed by atoms with Crippen molar-refractivity contribution < 1.29 is 5.11 Å². The number of halogens is 3. The first-order valence-electron chi connectivity index (χ1n) is 6.13. The highest BCUT2D eigenvalue weighted by Gasteiger charge is 2.15. The quantitative estimate of drug-likeness (QED) is 0.597. The molecule has 1 heterocycles. The van der Waals surface area contributed by atoms with Gasteiger partial charge in [-0.2, -0.15) is 0 Å². The maximum atomic E-state index is 12.2. The SMILES string of the molecule is O=c1[nH]c2ccccc2c(O)c1Sc1cc(Cl)c(Cl)cc1Cl. The summed E-state index contributed by atoms with van der Waals surface area (Å²) in [6, 6.07) is 10.1. The highest BCUT2D eigenvalue weighted by molar-refractivity contribution is 7.99. The van der Waals surface area contributed by atoms with Gasteiger partial charge in [-0.3, -0.25) is 4.79 Å². The lowest BCUT2D eigenvalue weighted by atomic mass is 10.2. The fourth-order valence-electron chi connectivity index (χ4n) is 1.99. The van der Waals surface area contributed by atoms with E-state index < -0.39 is 5.56 Å². The molecule has 2 aromatic carbocycles. The molecule has 1 aromatic heterocycles. The maximum absolute atomic E-state index is 12.2. The largest absolute Gasteiger partial charge is 0.506 e. The zero-order chi connectivity index (χ0) is 15.9. The molecule has 0 aliphatic carbocycles. The molecular weight excluding hydrogens is 365 g/mol. The van der Waals surface area contributed by atoms with Gasteiger partial charge in [-0.15, -0.1) is 0 Å². The third-order valence-electron chi connectivity index (χ3n) is 3.04. The lowest BCUT2D eigenvalue weighted by Gasteiger charge is -2.09. The monoisotopic (exact) mass is 371 g/mol. The second kappa shape index (κ2) is 6.05. The zero-order valence-electron chi connectivity index (χ0n) is 10.9. The predicted molar refractivity (Wildman–Crippen MR) is 91.8 cm³/mol. The van der Waals surface area contributed by atoms with Crippen molar-refractivity contribution >= 4 is 57.5 Å². The number of hydrogen-bond donors (Lipinski definition) is 2. The molecule has 3 nitrogen and oxygen atoms in total. The molecule has 0 spiro atoms. The van der Waals surface area contributed by atoms with E-state index in [2.05, 4.69) is 4.98 Å². The first-order valence-corrected chi connectivity index (χ1v) is 8.09. The van der Waals surface area contributed by atoms with Gasteiger partial charge in [-0.1, -0.05) is 58.7 Å². The maximum Gasteiger partial charge on any atom is 0.266 e. The normalized spacial score (nSPS) is 11.0. The molecule has 3 rings (SSSR count). The molecular formula is C15H8Cl3NO2S. The Balaban J connectivity index is 2.16. The van der Waals surface area contributed by atoms with E-state index >= 15 is 0 Å². The van der Waals surface area contributed by atoms with Crippen LogP contribution in [0.2, 0.25) is 15.1 Å². The third kappa shape index (κ3) is 2.79. The minimum Gasteiger partial charge on any atom is -0.506 e. The van der Waals surface area contributed by atoms with Gasteiger partial charge in [-0.25, -0.2) is 0 Å². The Kier molecular flexibility index (Phi) is 4.28. The van der Waals surface area contributed by atoms with Gasteiger partial charge in [0, 0.05) is 10.3 Å². The van der Waals surface area contributed by atoms with Crippen LogP contribution in [0.3, 0.4) is 0 Å². The predicted octanol–water partition coefficient (Wildman–Crippen LogP) is 5.35. The standard InChI is InChI=1S/C15H8Cl3NO2S/c16-8-5-10(18)12(6-9(8)17)22-14-13(20)7-3-1-2-4-11(7)19-15(14)21/h1-6H,(H2,19,20,21). The summed E-state index contributed by atoms with van der Waals surface area (Å²) < 4.78 is 0. The van der Waals surface area contributed by atoms with Gasteiger partial charge in [0.1, 0.15) is 10.6 Å². The van der Waals surface area contributed by atoms with Crippen molar-refractivity contribution in [1.82, 2.24) is 4.98 Å². The summed E-state index contributed by atoms with van der Waals surface area (Å²) in [5.74, 6) is -0.0912. The van der Waals surface area contributed by atoms with E-state index in [-0.39, 0.29) is 10.6 Å². The van der Waals surface area contributed by atoms with Crippen LogP contribution in [0.4, 0.5) is 0 Å².